The number of halogens is 1. The monoisotopic (exact) mass is 484 g/mol. The van der Waals surface area contributed by atoms with Crippen LogP contribution in [0.1, 0.15) is 121 Å². The molecule has 2 aromatic rings. The third-order valence-electron chi connectivity index (χ3n) is 7.35. The molecule has 1 aromatic heterocycles. The topological polar surface area (TPSA) is 46.3 Å². The van der Waals surface area contributed by atoms with Crippen molar-refractivity contribution in [3.8, 4) is 0 Å². The lowest BCUT2D eigenvalue weighted by atomic mass is 9.91. The van der Waals surface area contributed by atoms with Gasteiger partial charge in [-0.1, -0.05) is 75.6 Å². The molecule has 2 heterocycles. The van der Waals surface area contributed by atoms with Crippen molar-refractivity contribution in [2.45, 2.75) is 116 Å². The molecule has 1 aliphatic heterocycles. The van der Waals surface area contributed by atoms with E-state index in [1.807, 2.05) is 4.90 Å². The van der Waals surface area contributed by atoms with Gasteiger partial charge in [0, 0.05) is 36.9 Å². The van der Waals surface area contributed by atoms with Crippen LogP contribution < -0.4 is 0 Å². The first-order valence-electron chi connectivity index (χ1n) is 14.2. The van der Waals surface area contributed by atoms with Gasteiger partial charge in [0.2, 0.25) is 5.91 Å². The molecule has 1 fully saturated rings. The highest BCUT2D eigenvalue weighted by Crippen LogP contribution is 2.33. The summed E-state index contributed by atoms with van der Waals surface area (Å²) in [4.78, 5) is 14.6. The fourth-order valence-electron chi connectivity index (χ4n) is 5.13. The maximum absolute atomic E-state index is 13.4. The van der Waals surface area contributed by atoms with Gasteiger partial charge in [0.1, 0.15) is 5.82 Å². The number of piperidine rings is 1. The van der Waals surface area contributed by atoms with Crippen LogP contribution in [0.15, 0.2) is 34.9 Å². The van der Waals surface area contributed by atoms with Crippen molar-refractivity contribution >= 4 is 16.9 Å². The quantitative estimate of drug-likeness (QED) is 0.177. The van der Waals surface area contributed by atoms with Crippen molar-refractivity contribution in [3.05, 3.63) is 41.9 Å². The third-order valence-corrected chi connectivity index (χ3v) is 7.35. The number of amides is 1. The predicted molar refractivity (Wildman–Crippen MR) is 142 cm³/mol. The molecular weight excluding hydrogens is 439 g/mol. The molecule has 0 bridgehead atoms. The van der Waals surface area contributed by atoms with Crippen LogP contribution in [0.2, 0.25) is 0 Å². The molecule has 1 aliphatic rings. The van der Waals surface area contributed by atoms with E-state index in [2.05, 4.69) is 24.2 Å². The molecule has 3 rings (SSSR count). The lowest BCUT2D eigenvalue weighted by Crippen LogP contribution is -2.37. The summed E-state index contributed by atoms with van der Waals surface area (Å²) in [6.07, 6.45) is 23.7. The number of rotatable bonds is 16. The fourth-order valence-corrected chi connectivity index (χ4v) is 5.13. The highest BCUT2D eigenvalue weighted by molar-refractivity contribution is 5.80. The SMILES string of the molecule is CCCCCCCC/C=C/CCCCCCCC(=O)N1CCC(c2noc3cc(F)ccc23)CC1. The number of allylic oxidation sites excluding steroid dienone is 2. The van der Waals surface area contributed by atoms with E-state index in [4.69, 9.17) is 4.52 Å². The number of hydrogen-bond acceptors (Lipinski definition) is 3. The van der Waals surface area contributed by atoms with Crippen molar-refractivity contribution in [3.63, 3.8) is 0 Å². The number of carbonyl (C=O) groups is 1. The second-order valence-corrected chi connectivity index (χ2v) is 10.2. The summed E-state index contributed by atoms with van der Waals surface area (Å²) in [6, 6.07) is 4.59. The minimum absolute atomic E-state index is 0.269. The average molecular weight is 485 g/mol. The van der Waals surface area contributed by atoms with Crippen LogP contribution >= 0.6 is 0 Å². The zero-order valence-corrected chi connectivity index (χ0v) is 21.8. The molecule has 35 heavy (non-hydrogen) atoms. The van der Waals surface area contributed by atoms with E-state index in [0.717, 1.165) is 49.9 Å². The first-order valence-corrected chi connectivity index (χ1v) is 14.2. The Kier molecular flexibility index (Phi) is 12.3. The molecule has 0 spiro atoms. The molecule has 1 saturated heterocycles. The van der Waals surface area contributed by atoms with Crippen LogP contribution in [0.4, 0.5) is 4.39 Å². The Balaban J connectivity index is 1.19. The van der Waals surface area contributed by atoms with Gasteiger partial charge in [0.25, 0.3) is 0 Å². The van der Waals surface area contributed by atoms with Crippen molar-refractivity contribution in [2.75, 3.05) is 13.1 Å². The van der Waals surface area contributed by atoms with E-state index in [0.29, 0.717) is 12.0 Å². The molecule has 1 aromatic carbocycles. The summed E-state index contributed by atoms with van der Waals surface area (Å²) < 4.78 is 18.7. The smallest absolute Gasteiger partial charge is 0.222 e. The van der Waals surface area contributed by atoms with Gasteiger partial charge in [0.05, 0.1) is 5.69 Å². The van der Waals surface area contributed by atoms with E-state index in [9.17, 15) is 9.18 Å². The Morgan fingerprint density at radius 2 is 1.60 bits per heavy atom. The number of aromatic nitrogens is 1. The molecule has 0 saturated carbocycles. The van der Waals surface area contributed by atoms with E-state index in [1.165, 1.54) is 82.8 Å². The van der Waals surface area contributed by atoms with Crippen LogP contribution in [0.25, 0.3) is 11.0 Å². The first-order chi connectivity index (χ1) is 17.2. The normalized spacial score (nSPS) is 15.0. The largest absolute Gasteiger partial charge is 0.356 e. The van der Waals surface area contributed by atoms with Crippen molar-refractivity contribution < 1.29 is 13.7 Å². The minimum atomic E-state index is -0.309. The van der Waals surface area contributed by atoms with E-state index in [1.54, 1.807) is 6.07 Å². The Bertz CT molecular complexity index is 899. The standard InChI is InChI=1S/C30H45FN2O2/c1-2-3-4-5-6-7-8-9-10-11-12-13-14-15-16-17-29(34)33-22-20-25(21-23-33)30-27-19-18-26(31)24-28(27)35-32-30/h9-10,18-19,24-25H,2-8,11-17,20-23H2,1H3/b10-9+. The number of unbranched alkanes of at least 4 members (excludes halogenated alkanes) is 11. The summed E-state index contributed by atoms with van der Waals surface area (Å²) >= 11 is 0. The van der Waals surface area contributed by atoms with Crippen LogP contribution in [-0.2, 0) is 4.79 Å². The zero-order valence-electron chi connectivity index (χ0n) is 21.8. The number of nitrogens with zero attached hydrogens (tertiary/aromatic N) is 2. The lowest BCUT2D eigenvalue weighted by Gasteiger charge is -2.31. The van der Waals surface area contributed by atoms with Gasteiger partial charge in [-0.15, -0.1) is 0 Å². The second-order valence-electron chi connectivity index (χ2n) is 10.2. The number of likely N-dealkylation sites (tertiary alicyclic amines) is 1. The molecule has 0 aliphatic carbocycles. The van der Waals surface area contributed by atoms with Crippen LogP contribution in [-0.4, -0.2) is 29.1 Å². The summed E-state index contributed by atoms with van der Waals surface area (Å²) in [7, 11) is 0. The molecule has 0 radical (unpaired) electrons. The zero-order chi connectivity index (χ0) is 24.7. The predicted octanol–water partition coefficient (Wildman–Crippen LogP) is 8.71. The third kappa shape index (κ3) is 9.42. The highest BCUT2D eigenvalue weighted by Gasteiger charge is 2.27. The molecule has 5 heteroatoms. The fraction of sp³-hybridized carbons (Fsp3) is 0.667. The Hall–Kier alpha value is -2.17. The summed E-state index contributed by atoms with van der Waals surface area (Å²) in [5, 5.41) is 5.10. The van der Waals surface area contributed by atoms with Gasteiger partial charge >= 0.3 is 0 Å². The number of fused-ring (bicyclic) bond motifs is 1. The second kappa shape index (κ2) is 15.7. The number of benzene rings is 1. The maximum Gasteiger partial charge on any atom is 0.222 e. The molecular formula is C30H45FN2O2. The van der Waals surface area contributed by atoms with Gasteiger partial charge in [-0.3, -0.25) is 4.79 Å². The first kappa shape index (κ1) is 27.4. The number of carbonyl (C=O) groups excluding carboxylic acids is 1. The summed E-state index contributed by atoms with van der Waals surface area (Å²) in [6.45, 7) is 3.80. The van der Waals surface area contributed by atoms with Crippen LogP contribution in [0.3, 0.4) is 0 Å². The van der Waals surface area contributed by atoms with Gasteiger partial charge in [-0.25, -0.2) is 4.39 Å². The van der Waals surface area contributed by atoms with Crippen molar-refractivity contribution in [1.82, 2.24) is 10.1 Å². The molecule has 0 unspecified atom stereocenters. The van der Waals surface area contributed by atoms with Gasteiger partial charge in [0.15, 0.2) is 5.58 Å². The lowest BCUT2D eigenvalue weighted by molar-refractivity contribution is -0.132. The van der Waals surface area contributed by atoms with Crippen LogP contribution in [0, 0.1) is 5.82 Å². The van der Waals surface area contributed by atoms with E-state index in [-0.39, 0.29) is 17.6 Å². The van der Waals surface area contributed by atoms with E-state index >= 15 is 0 Å². The summed E-state index contributed by atoms with van der Waals surface area (Å²) in [5.41, 5.74) is 1.41. The number of hydrogen-bond donors (Lipinski definition) is 0. The Labute approximate surface area is 211 Å². The van der Waals surface area contributed by atoms with Gasteiger partial charge in [-0.2, -0.15) is 0 Å². The average Bonchev–Trinajstić information content (AvgIpc) is 3.29. The highest BCUT2D eigenvalue weighted by atomic mass is 19.1. The van der Waals surface area contributed by atoms with E-state index < -0.39 is 0 Å². The molecule has 0 atom stereocenters. The Morgan fingerprint density at radius 3 is 2.29 bits per heavy atom. The minimum Gasteiger partial charge on any atom is -0.356 e. The van der Waals surface area contributed by atoms with Crippen LogP contribution in [0.5, 0.6) is 0 Å². The molecule has 194 valence electrons. The maximum atomic E-state index is 13.4. The van der Waals surface area contributed by atoms with Gasteiger partial charge < -0.3 is 9.42 Å². The molecule has 4 nitrogen and oxygen atoms in total. The van der Waals surface area contributed by atoms with Crippen molar-refractivity contribution in [1.29, 1.82) is 0 Å². The Morgan fingerprint density at radius 1 is 0.971 bits per heavy atom. The molecule has 0 N–H and O–H groups in total. The summed E-state index contributed by atoms with van der Waals surface area (Å²) in [5.74, 6) is 0.245. The molecule has 1 amide bonds. The van der Waals surface area contributed by atoms with Crippen molar-refractivity contribution in [2.24, 2.45) is 0 Å². The van der Waals surface area contributed by atoms with Gasteiger partial charge in [-0.05, 0) is 57.1 Å².